The predicted molar refractivity (Wildman–Crippen MR) is 85.4 cm³/mol. The number of hydrogen-bond acceptors (Lipinski definition) is 1. The van der Waals surface area contributed by atoms with Gasteiger partial charge >= 0.3 is 0 Å². The molecule has 0 aromatic carbocycles. The molecule has 0 rings (SSSR count). The number of halogens is 1. The number of alkyl halides is 1. The van der Waals surface area contributed by atoms with Crippen molar-refractivity contribution in [3.8, 4) is 0 Å². The zero-order valence-corrected chi connectivity index (χ0v) is 13.5. The Hall–Kier alpha value is 0.180. The van der Waals surface area contributed by atoms with Crippen molar-refractivity contribution >= 4 is 15.9 Å². The fourth-order valence-corrected chi connectivity index (χ4v) is 2.48. The van der Waals surface area contributed by atoms with E-state index in [0.29, 0.717) is 0 Å². The van der Waals surface area contributed by atoms with Crippen LogP contribution in [-0.2, 0) is 0 Å². The molecule has 2 heteroatoms. The minimum Gasteiger partial charge on any atom is -0.396 e. The summed E-state index contributed by atoms with van der Waals surface area (Å²) < 4.78 is 0. The number of aliphatic hydroxyl groups excluding tert-OH is 1. The first-order chi connectivity index (χ1) is 8.91. The summed E-state index contributed by atoms with van der Waals surface area (Å²) in [5.74, 6) is 0. The van der Waals surface area contributed by atoms with Crippen LogP contribution >= 0.6 is 15.9 Å². The molecule has 0 unspecified atom stereocenters. The summed E-state index contributed by atoms with van der Waals surface area (Å²) in [6.45, 7) is 0.284. The Labute approximate surface area is 122 Å². The molecule has 0 aromatic rings. The number of allylic oxidation sites excluding steroid dienone is 1. The van der Waals surface area contributed by atoms with Gasteiger partial charge in [-0.3, -0.25) is 0 Å². The van der Waals surface area contributed by atoms with Crippen LogP contribution in [0.1, 0.15) is 77.0 Å². The molecule has 0 heterocycles. The van der Waals surface area contributed by atoms with Gasteiger partial charge < -0.3 is 5.11 Å². The van der Waals surface area contributed by atoms with Crippen molar-refractivity contribution in [1.82, 2.24) is 0 Å². The predicted octanol–water partition coefficient (Wildman–Crippen LogP) is 5.61. The second-order valence-corrected chi connectivity index (χ2v) is 5.79. The fraction of sp³-hybridized carbons (Fsp3) is 0.875. The van der Waals surface area contributed by atoms with Crippen LogP contribution in [0.3, 0.4) is 0 Å². The highest BCUT2D eigenvalue weighted by molar-refractivity contribution is 9.09. The van der Waals surface area contributed by atoms with Gasteiger partial charge in [0.05, 0.1) is 0 Å². The van der Waals surface area contributed by atoms with E-state index in [-0.39, 0.29) is 6.61 Å². The van der Waals surface area contributed by atoms with E-state index in [0.717, 1.165) is 6.42 Å². The molecule has 0 bridgehead atoms. The van der Waals surface area contributed by atoms with E-state index in [9.17, 15) is 0 Å². The molecule has 0 fully saturated rings. The molecule has 0 aliphatic carbocycles. The van der Waals surface area contributed by atoms with Crippen LogP contribution in [0.2, 0.25) is 0 Å². The van der Waals surface area contributed by atoms with Gasteiger partial charge in [-0.2, -0.15) is 0 Å². The van der Waals surface area contributed by atoms with Gasteiger partial charge in [-0.1, -0.05) is 79.4 Å². The number of unbranched alkanes of at least 4 members (excludes halogenated alkanes) is 10. The summed E-state index contributed by atoms with van der Waals surface area (Å²) >= 11 is 3.47. The van der Waals surface area contributed by atoms with Gasteiger partial charge in [-0.25, -0.2) is 0 Å². The molecular weight excluding hydrogens is 288 g/mol. The Bertz CT molecular complexity index is 168. The van der Waals surface area contributed by atoms with E-state index in [1.165, 1.54) is 76.0 Å². The Balaban J connectivity index is 2.94. The van der Waals surface area contributed by atoms with Gasteiger partial charge in [-0.05, 0) is 25.7 Å². The maximum atomic E-state index is 8.60. The van der Waals surface area contributed by atoms with Crippen LogP contribution in [0.4, 0.5) is 0 Å². The molecular formula is C16H31BrO. The normalized spacial score (nSPS) is 11.4. The monoisotopic (exact) mass is 318 g/mol. The van der Waals surface area contributed by atoms with E-state index in [4.69, 9.17) is 5.11 Å². The van der Waals surface area contributed by atoms with Gasteiger partial charge in [0.15, 0.2) is 0 Å². The van der Waals surface area contributed by atoms with Gasteiger partial charge in [-0.15, -0.1) is 0 Å². The van der Waals surface area contributed by atoms with E-state index in [2.05, 4.69) is 28.1 Å². The van der Waals surface area contributed by atoms with Crippen LogP contribution in [0.25, 0.3) is 0 Å². The first-order valence-electron chi connectivity index (χ1n) is 7.73. The third-order valence-corrected chi connectivity index (χ3v) is 3.78. The van der Waals surface area contributed by atoms with Crippen LogP contribution in [-0.4, -0.2) is 17.0 Å². The quantitative estimate of drug-likeness (QED) is 0.251. The Morgan fingerprint density at radius 2 is 1.06 bits per heavy atom. The van der Waals surface area contributed by atoms with Crippen molar-refractivity contribution in [1.29, 1.82) is 0 Å². The van der Waals surface area contributed by atoms with Crippen molar-refractivity contribution in [2.24, 2.45) is 0 Å². The van der Waals surface area contributed by atoms with Crippen LogP contribution < -0.4 is 0 Å². The van der Waals surface area contributed by atoms with Gasteiger partial charge in [0.25, 0.3) is 0 Å². The molecule has 0 aliphatic rings. The molecule has 0 spiro atoms. The molecule has 0 amide bonds. The Morgan fingerprint density at radius 1 is 0.611 bits per heavy atom. The molecule has 0 saturated carbocycles. The number of aliphatic hydroxyl groups is 1. The molecule has 0 radical (unpaired) electrons. The van der Waals surface area contributed by atoms with Crippen LogP contribution in [0.15, 0.2) is 12.2 Å². The number of hydrogen-bond donors (Lipinski definition) is 1. The van der Waals surface area contributed by atoms with Gasteiger partial charge in [0.2, 0.25) is 0 Å². The minimum atomic E-state index is 0.284. The van der Waals surface area contributed by atoms with E-state index >= 15 is 0 Å². The summed E-state index contributed by atoms with van der Waals surface area (Å²) in [6.07, 6.45) is 20.2. The maximum Gasteiger partial charge on any atom is 0.0465 e. The average Bonchev–Trinajstić information content (AvgIpc) is 2.39. The number of rotatable bonds is 14. The summed E-state index contributed by atoms with van der Waals surface area (Å²) in [7, 11) is 0. The highest BCUT2D eigenvalue weighted by atomic mass is 79.9. The van der Waals surface area contributed by atoms with Gasteiger partial charge in [0, 0.05) is 11.9 Å². The second kappa shape index (κ2) is 17.2. The molecule has 0 saturated heterocycles. The molecule has 1 nitrogen and oxygen atoms in total. The highest BCUT2D eigenvalue weighted by Gasteiger charge is 1.92. The third kappa shape index (κ3) is 16.2. The third-order valence-electron chi connectivity index (χ3n) is 3.22. The summed E-state index contributed by atoms with van der Waals surface area (Å²) in [5.41, 5.74) is 0. The van der Waals surface area contributed by atoms with Crippen molar-refractivity contribution in [3.05, 3.63) is 12.2 Å². The SMILES string of the molecule is OCC/C=C/CCCCCCCCCCCCBr. The standard InChI is InChI=1S/C16H31BrO/c17-15-13-11-9-7-5-3-1-2-4-6-8-10-12-14-16-18/h10,12,18H,1-9,11,13-16H2/b12-10+. The molecule has 0 aromatic heterocycles. The molecule has 18 heavy (non-hydrogen) atoms. The minimum absolute atomic E-state index is 0.284. The fourth-order valence-electron chi connectivity index (χ4n) is 2.08. The smallest absolute Gasteiger partial charge is 0.0465 e. The lowest BCUT2D eigenvalue weighted by Crippen LogP contribution is -1.82. The summed E-state index contributed by atoms with van der Waals surface area (Å²) in [5, 5.41) is 9.77. The molecule has 1 N–H and O–H groups in total. The summed E-state index contributed by atoms with van der Waals surface area (Å²) in [4.78, 5) is 0. The van der Waals surface area contributed by atoms with E-state index in [1.807, 2.05) is 0 Å². The van der Waals surface area contributed by atoms with Gasteiger partial charge in [0.1, 0.15) is 0 Å². The first kappa shape index (κ1) is 18.2. The lowest BCUT2D eigenvalue weighted by molar-refractivity contribution is 0.302. The topological polar surface area (TPSA) is 20.2 Å². The maximum absolute atomic E-state index is 8.60. The van der Waals surface area contributed by atoms with E-state index in [1.54, 1.807) is 0 Å². The molecule has 108 valence electrons. The van der Waals surface area contributed by atoms with Crippen LogP contribution in [0.5, 0.6) is 0 Å². The lowest BCUT2D eigenvalue weighted by atomic mass is 10.1. The van der Waals surface area contributed by atoms with E-state index < -0.39 is 0 Å². The van der Waals surface area contributed by atoms with Crippen LogP contribution in [0, 0.1) is 0 Å². The molecule has 0 atom stereocenters. The average molecular weight is 319 g/mol. The first-order valence-corrected chi connectivity index (χ1v) is 8.85. The van der Waals surface area contributed by atoms with Crippen molar-refractivity contribution < 1.29 is 5.11 Å². The lowest BCUT2D eigenvalue weighted by Gasteiger charge is -2.01. The molecule has 0 aliphatic heterocycles. The highest BCUT2D eigenvalue weighted by Crippen LogP contribution is 2.11. The van der Waals surface area contributed by atoms with Crippen molar-refractivity contribution in [3.63, 3.8) is 0 Å². The zero-order chi connectivity index (χ0) is 13.3. The zero-order valence-electron chi connectivity index (χ0n) is 11.9. The van der Waals surface area contributed by atoms with Crippen molar-refractivity contribution in [2.45, 2.75) is 77.0 Å². The Kier molecular flexibility index (Phi) is 17.4. The Morgan fingerprint density at radius 3 is 1.56 bits per heavy atom. The largest absolute Gasteiger partial charge is 0.396 e. The van der Waals surface area contributed by atoms with Crippen molar-refractivity contribution in [2.75, 3.05) is 11.9 Å². The second-order valence-electron chi connectivity index (χ2n) is 5.00. The summed E-state index contributed by atoms with van der Waals surface area (Å²) in [6, 6.07) is 0.